The Bertz CT molecular complexity index is 422. The van der Waals surface area contributed by atoms with Crippen molar-refractivity contribution >= 4 is 11.9 Å². The van der Waals surface area contributed by atoms with E-state index in [9.17, 15) is 9.59 Å². The summed E-state index contributed by atoms with van der Waals surface area (Å²) in [5.74, 6) is -1.78. The number of carbonyl (C=O) groups is 2. The molecule has 0 spiro atoms. The number of hydrogen-bond donors (Lipinski definition) is 1. The van der Waals surface area contributed by atoms with Gasteiger partial charge in [-0.1, -0.05) is 32.9 Å². The lowest BCUT2D eigenvalue weighted by molar-refractivity contribution is 0.0582. The Labute approximate surface area is 120 Å². The highest BCUT2D eigenvalue weighted by molar-refractivity contribution is 6.02. The van der Waals surface area contributed by atoms with Crippen molar-refractivity contribution in [1.82, 2.24) is 4.90 Å². The molecule has 0 fully saturated rings. The van der Waals surface area contributed by atoms with Gasteiger partial charge >= 0.3 is 11.9 Å². The van der Waals surface area contributed by atoms with Crippen molar-refractivity contribution in [2.75, 3.05) is 26.7 Å². The third kappa shape index (κ3) is 5.84. The number of carboxylic acid groups (broad SMARTS) is 1. The first-order valence-corrected chi connectivity index (χ1v) is 6.64. The number of carbonyl (C=O) groups excluding carboxylic acids is 1. The molecule has 0 radical (unpaired) electrons. The van der Waals surface area contributed by atoms with Crippen LogP contribution in [-0.4, -0.2) is 48.7 Å². The average Bonchev–Trinajstić information content (AvgIpc) is 2.48. The fraction of sp³-hybridized carbons (Fsp3) is 0.467. The zero-order valence-electron chi connectivity index (χ0n) is 12.5. The molecule has 0 saturated heterocycles. The Hall–Kier alpha value is -1.88. The largest absolute Gasteiger partial charge is 0.478 e. The summed E-state index contributed by atoms with van der Waals surface area (Å²) in [6.45, 7) is 10.1. The Balaban J connectivity index is 0.000000441. The van der Waals surface area contributed by atoms with Crippen molar-refractivity contribution in [1.29, 1.82) is 0 Å². The minimum absolute atomic E-state index is 0.0469. The topological polar surface area (TPSA) is 66.8 Å². The van der Waals surface area contributed by atoms with Crippen LogP contribution in [0.2, 0.25) is 0 Å². The molecule has 112 valence electrons. The number of rotatable bonds is 5. The predicted octanol–water partition coefficient (Wildman–Crippen LogP) is 2.52. The molecule has 0 amide bonds. The molecule has 0 aromatic heterocycles. The number of carboxylic acids is 1. The van der Waals surface area contributed by atoms with Gasteiger partial charge in [-0.05, 0) is 31.8 Å². The van der Waals surface area contributed by atoms with Gasteiger partial charge in [0.05, 0.1) is 18.2 Å². The predicted molar refractivity (Wildman–Crippen MR) is 78.2 cm³/mol. The number of ether oxygens (including phenoxy) is 1. The van der Waals surface area contributed by atoms with Crippen LogP contribution in [0.4, 0.5) is 0 Å². The summed E-state index contributed by atoms with van der Waals surface area (Å²) < 4.78 is 4.42. The summed E-state index contributed by atoms with van der Waals surface area (Å²) in [7, 11) is 1.21. The molecule has 0 bridgehead atoms. The number of aromatic carboxylic acids is 1. The molecule has 0 saturated carbocycles. The molecule has 0 atom stereocenters. The lowest BCUT2D eigenvalue weighted by atomic mass is 10.1. The van der Waals surface area contributed by atoms with Crippen LogP contribution in [0.3, 0.4) is 0 Å². The molecule has 0 aliphatic rings. The maximum absolute atomic E-state index is 11.1. The number of nitrogens with zero attached hydrogens (tertiary/aromatic N) is 1. The first-order chi connectivity index (χ1) is 9.51. The van der Waals surface area contributed by atoms with E-state index in [4.69, 9.17) is 5.11 Å². The second kappa shape index (κ2) is 9.97. The summed E-state index contributed by atoms with van der Waals surface area (Å²) >= 11 is 0. The smallest absolute Gasteiger partial charge is 0.338 e. The van der Waals surface area contributed by atoms with Crippen molar-refractivity contribution in [2.24, 2.45) is 0 Å². The molecule has 1 rings (SSSR count). The summed E-state index contributed by atoms with van der Waals surface area (Å²) in [4.78, 5) is 24.1. The zero-order chi connectivity index (χ0) is 15.5. The van der Waals surface area contributed by atoms with Gasteiger partial charge in [-0.25, -0.2) is 9.59 Å². The highest BCUT2D eigenvalue weighted by atomic mass is 16.5. The monoisotopic (exact) mass is 281 g/mol. The Morgan fingerprint density at radius 3 is 1.80 bits per heavy atom. The first-order valence-electron chi connectivity index (χ1n) is 6.64. The third-order valence-corrected chi connectivity index (χ3v) is 2.90. The van der Waals surface area contributed by atoms with Gasteiger partial charge in [0.2, 0.25) is 0 Å². The summed E-state index contributed by atoms with van der Waals surface area (Å²) in [5, 5.41) is 8.70. The van der Waals surface area contributed by atoms with Crippen LogP contribution in [0.5, 0.6) is 0 Å². The van der Waals surface area contributed by atoms with E-state index in [1.54, 1.807) is 12.1 Å². The van der Waals surface area contributed by atoms with Crippen molar-refractivity contribution < 1.29 is 19.4 Å². The standard InChI is InChI=1S/C9H8O4.C6H15N/c1-13-9(12)7-5-3-2-4-6(7)8(10)11;1-4-7(5-2)6-3/h2-5H,1H3,(H,10,11);4-6H2,1-3H3. The van der Waals surface area contributed by atoms with Crippen LogP contribution >= 0.6 is 0 Å². The molecule has 5 heteroatoms. The van der Waals surface area contributed by atoms with Gasteiger partial charge in [-0.3, -0.25) is 0 Å². The molecule has 0 aliphatic carbocycles. The minimum Gasteiger partial charge on any atom is -0.478 e. The molecule has 1 aromatic carbocycles. The molecule has 0 heterocycles. The van der Waals surface area contributed by atoms with Gasteiger partial charge in [0.15, 0.2) is 0 Å². The number of esters is 1. The van der Waals surface area contributed by atoms with E-state index in [-0.39, 0.29) is 11.1 Å². The SMILES string of the molecule is CCN(CC)CC.COC(=O)c1ccccc1C(=O)O. The molecule has 5 nitrogen and oxygen atoms in total. The quantitative estimate of drug-likeness (QED) is 0.840. The third-order valence-electron chi connectivity index (χ3n) is 2.90. The van der Waals surface area contributed by atoms with Gasteiger partial charge in [0.25, 0.3) is 0 Å². The lowest BCUT2D eigenvalue weighted by Crippen LogP contribution is -2.21. The van der Waals surface area contributed by atoms with Crippen LogP contribution < -0.4 is 0 Å². The Morgan fingerprint density at radius 1 is 1.05 bits per heavy atom. The second-order valence-electron chi connectivity index (χ2n) is 3.96. The van der Waals surface area contributed by atoms with Gasteiger partial charge in [-0.2, -0.15) is 0 Å². The van der Waals surface area contributed by atoms with E-state index < -0.39 is 11.9 Å². The van der Waals surface area contributed by atoms with Crippen LogP contribution in [0.15, 0.2) is 24.3 Å². The van der Waals surface area contributed by atoms with E-state index in [2.05, 4.69) is 30.4 Å². The Kier molecular flexibility index (Phi) is 9.04. The first kappa shape index (κ1) is 18.1. The lowest BCUT2D eigenvalue weighted by Gasteiger charge is -2.13. The van der Waals surface area contributed by atoms with Gasteiger partial charge in [0.1, 0.15) is 0 Å². The molecule has 20 heavy (non-hydrogen) atoms. The highest BCUT2D eigenvalue weighted by Crippen LogP contribution is 2.09. The van der Waals surface area contributed by atoms with E-state index in [0.29, 0.717) is 0 Å². The molecular formula is C15H23NO4. The van der Waals surface area contributed by atoms with Crippen LogP contribution in [0, 0.1) is 0 Å². The normalized spacial score (nSPS) is 9.65. The van der Waals surface area contributed by atoms with E-state index in [0.717, 1.165) is 0 Å². The van der Waals surface area contributed by atoms with Gasteiger partial charge in [-0.15, -0.1) is 0 Å². The summed E-state index contributed by atoms with van der Waals surface area (Å²) in [6, 6.07) is 5.90. The maximum Gasteiger partial charge on any atom is 0.338 e. The van der Waals surface area contributed by atoms with Crippen molar-refractivity contribution in [3.63, 3.8) is 0 Å². The van der Waals surface area contributed by atoms with Crippen LogP contribution in [0.1, 0.15) is 41.5 Å². The maximum atomic E-state index is 11.1. The van der Waals surface area contributed by atoms with Crippen molar-refractivity contribution in [3.05, 3.63) is 35.4 Å². The Morgan fingerprint density at radius 2 is 1.50 bits per heavy atom. The highest BCUT2D eigenvalue weighted by Gasteiger charge is 2.15. The second-order valence-corrected chi connectivity index (χ2v) is 3.96. The zero-order valence-corrected chi connectivity index (χ0v) is 12.5. The number of benzene rings is 1. The van der Waals surface area contributed by atoms with Crippen LogP contribution in [0.25, 0.3) is 0 Å². The van der Waals surface area contributed by atoms with Gasteiger partial charge < -0.3 is 14.7 Å². The van der Waals surface area contributed by atoms with Gasteiger partial charge in [0, 0.05) is 0 Å². The fourth-order valence-electron chi connectivity index (χ4n) is 1.63. The fourth-order valence-corrected chi connectivity index (χ4v) is 1.63. The summed E-state index contributed by atoms with van der Waals surface area (Å²) in [5.41, 5.74) is 0.0202. The van der Waals surface area contributed by atoms with E-state index >= 15 is 0 Å². The number of hydrogen-bond acceptors (Lipinski definition) is 4. The molecule has 1 N–H and O–H groups in total. The van der Waals surface area contributed by atoms with Crippen molar-refractivity contribution in [2.45, 2.75) is 20.8 Å². The summed E-state index contributed by atoms with van der Waals surface area (Å²) in [6.07, 6.45) is 0. The van der Waals surface area contributed by atoms with E-state index in [1.165, 1.54) is 38.9 Å². The molecule has 1 aromatic rings. The van der Waals surface area contributed by atoms with Crippen molar-refractivity contribution in [3.8, 4) is 0 Å². The minimum atomic E-state index is -1.14. The molecule has 0 unspecified atom stereocenters. The van der Waals surface area contributed by atoms with Crippen LogP contribution in [-0.2, 0) is 4.74 Å². The number of methoxy groups -OCH3 is 1. The average molecular weight is 281 g/mol. The molecular weight excluding hydrogens is 258 g/mol. The molecule has 0 aliphatic heterocycles. The van der Waals surface area contributed by atoms with E-state index in [1.807, 2.05) is 0 Å².